The second-order valence-electron chi connectivity index (χ2n) is 3.70. The van der Waals surface area contributed by atoms with Crippen LogP contribution in [-0.2, 0) is 0 Å². The van der Waals surface area contributed by atoms with Crippen molar-refractivity contribution in [3.8, 4) is 0 Å². The molecule has 16 heavy (non-hydrogen) atoms. The Hall–Kier alpha value is -1.42. The molecule has 0 aromatic heterocycles. The maximum Gasteiger partial charge on any atom is 0.206 e. The molecule has 1 atom stereocenters. The Bertz CT molecular complexity index is 389. The van der Waals surface area contributed by atoms with E-state index in [-0.39, 0.29) is 18.7 Å². The van der Waals surface area contributed by atoms with Crippen LogP contribution in [0.5, 0.6) is 0 Å². The number of nitro groups is 1. The fourth-order valence-corrected chi connectivity index (χ4v) is 1.50. The highest BCUT2D eigenvalue weighted by Crippen LogP contribution is 2.24. The number of ketones is 1. The van der Waals surface area contributed by atoms with Gasteiger partial charge in [0.15, 0.2) is 5.78 Å². The van der Waals surface area contributed by atoms with Crippen LogP contribution in [-0.4, -0.2) is 22.1 Å². The summed E-state index contributed by atoms with van der Waals surface area (Å²) in [5.41, 5.74) is 0.475. The third-order valence-corrected chi connectivity index (χ3v) is 2.63. The first-order valence-electron chi connectivity index (χ1n) is 4.84. The van der Waals surface area contributed by atoms with Crippen molar-refractivity contribution in [1.29, 1.82) is 0 Å². The van der Waals surface area contributed by atoms with Crippen LogP contribution in [0.1, 0.15) is 23.7 Å². The third-order valence-electron chi connectivity index (χ3n) is 2.27. The van der Waals surface area contributed by atoms with Crippen molar-refractivity contribution in [3.63, 3.8) is 0 Å². The molecular formula is C11H12ClNO3. The number of carbonyl (C=O) groups is 1. The first-order valence-corrected chi connectivity index (χ1v) is 5.22. The Morgan fingerprint density at radius 3 is 2.50 bits per heavy atom. The minimum Gasteiger partial charge on any atom is -0.292 e. The van der Waals surface area contributed by atoms with Gasteiger partial charge in [0.05, 0.1) is 0 Å². The number of nitrogens with zero attached hydrogens (tertiary/aromatic N) is 1. The van der Waals surface area contributed by atoms with Crippen LogP contribution < -0.4 is 0 Å². The van der Waals surface area contributed by atoms with E-state index in [0.717, 1.165) is 0 Å². The summed E-state index contributed by atoms with van der Waals surface area (Å²) in [5.74, 6) is -0.281. The van der Waals surface area contributed by atoms with Crippen LogP contribution in [0.25, 0.3) is 0 Å². The maximum atomic E-state index is 11.9. The maximum absolute atomic E-state index is 11.9. The van der Waals surface area contributed by atoms with E-state index in [0.29, 0.717) is 5.56 Å². The number of hydrogen-bond donors (Lipinski definition) is 0. The van der Waals surface area contributed by atoms with Crippen molar-refractivity contribution < 1.29 is 9.72 Å². The summed E-state index contributed by atoms with van der Waals surface area (Å²) in [7, 11) is 0. The first kappa shape index (κ1) is 12.6. The Morgan fingerprint density at radius 2 is 2.00 bits per heavy atom. The molecule has 1 rings (SSSR count). The standard InChI is InChI=1S/C11H12ClNO3/c1-11(12,7-8-13(15)16)10(14)9-5-3-2-4-6-9/h2-6H,7-8H2,1H3. The lowest BCUT2D eigenvalue weighted by molar-refractivity contribution is -0.480. The van der Waals surface area contributed by atoms with Gasteiger partial charge in [-0.1, -0.05) is 30.3 Å². The van der Waals surface area contributed by atoms with Crippen LogP contribution >= 0.6 is 11.6 Å². The highest BCUT2D eigenvalue weighted by atomic mass is 35.5. The first-order chi connectivity index (χ1) is 7.43. The molecule has 1 aromatic carbocycles. The average Bonchev–Trinajstić information content (AvgIpc) is 2.27. The van der Waals surface area contributed by atoms with Crippen LogP contribution in [0, 0.1) is 10.1 Å². The van der Waals surface area contributed by atoms with Crippen molar-refractivity contribution in [1.82, 2.24) is 0 Å². The summed E-state index contributed by atoms with van der Waals surface area (Å²) in [4.78, 5) is 20.5. The van der Waals surface area contributed by atoms with Crippen molar-refractivity contribution in [3.05, 3.63) is 46.0 Å². The second-order valence-corrected chi connectivity index (χ2v) is 4.53. The minimum absolute atomic E-state index is 0.0231. The highest BCUT2D eigenvalue weighted by Gasteiger charge is 2.32. The molecule has 0 N–H and O–H groups in total. The molecular weight excluding hydrogens is 230 g/mol. The van der Waals surface area contributed by atoms with Crippen LogP contribution in [0.3, 0.4) is 0 Å². The Labute approximate surface area is 98.4 Å². The molecule has 0 spiro atoms. The summed E-state index contributed by atoms with van der Waals surface area (Å²) < 4.78 is 0. The summed E-state index contributed by atoms with van der Waals surface area (Å²) in [6.07, 6.45) is 0.0231. The number of alkyl halides is 1. The van der Waals surface area contributed by atoms with Gasteiger partial charge in [-0.3, -0.25) is 14.9 Å². The number of benzene rings is 1. The smallest absolute Gasteiger partial charge is 0.206 e. The zero-order valence-electron chi connectivity index (χ0n) is 8.85. The van der Waals surface area contributed by atoms with Gasteiger partial charge in [0, 0.05) is 16.9 Å². The Balaban J connectivity index is 2.76. The normalized spacial score (nSPS) is 14.1. The predicted molar refractivity (Wildman–Crippen MR) is 61.5 cm³/mol. The largest absolute Gasteiger partial charge is 0.292 e. The zero-order chi connectivity index (χ0) is 12.2. The molecule has 86 valence electrons. The molecule has 0 heterocycles. The fraction of sp³-hybridized carbons (Fsp3) is 0.364. The molecule has 0 saturated heterocycles. The lowest BCUT2D eigenvalue weighted by Gasteiger charge is -2.18. The molecule has 5 heteroatoms. The summed E-state index contributed by atoms with van der Waals surface area (Å²) >= 11 is 6.01. The van der Waals surface area contributed by atoms with Gasteiger partial charge in [0.1, 0.15) is 4.87 Å². The molecule has 0 aliphatic heterocycles. The topological polar surface area (TPSA) is 60.2 Å². The van der Waals surface area contributed by atoms with Crippen LogP contribution in [0.15, 0.2) is 30.3 Å². The third kappa shape index (κ3) is 3.31. The Morgan fingerprint density at radius 1 is 1.44 bits per heavy atom. The van der Waals surface area contributed by atoms with Crippen molar-refractivity contribution in [2.75, 3.05) is 6.54 Å². The van der Waals surface area contributed by atoms with Crippen LogP contribution in [0.2, 0.25) is 0 Å². The monoisotopic (exact) mass is 241 g/mol. The molecule has 4 nitrogen and oxygen atoms in total. The zero-order valence-corrected chi connectivity index (χ0v) is 9.61. The van der Waals surface area contributed by atoms with E-state index >= 15 is 0 Å². The highest BCUT2D eigenvalue weighted by molar-refractivity contribution is 6.37. The van der Waals surface area contributed by atoms with E-state index in [9.17, 15) is 14.9 Å². The van der Waals surface area contributed by atoms with Gasteiger partial charge < -0.3 is 0 Å². The van der Waals surface area contributed by atoms with E-state index in [4.69, 9.17) is 11.6 Å². The van der Waals surface area contributed by atoms with Crippen molar-refractivity contribution in [2.45, 2.75) is 18.2 Å². The van der Waals surface area contributed by atoms with Crippen molar-refractivity contribution >= 4 is 17.4 Å². The van der Waals surface area contributed by atoms with E-state index in [1.165, 1.54) is 6.92 Å². The predicted octanol–water partition coefficient (Wildman–Crippen LogP) is 2.53. The van der Waals surface area contributed by atoms with E-state index < -0.39 is 9.80 Å². The average molecular weight is 242 g/mol. The molecule has 1 aromatic rings. The molecule has 0 bridgehead atoms. The minimum atomic E-state index is -1.21. The van der Waals surface area contributed by atoms with Crippen molar-refractivity contribution in [2.24, 2.45) is 0 Å². The van der Waals surface area contributed by atoms with E-state index in [2.05, 4.69) is 0 Å². The van der Waals surface area contributed by atoms with Gasteiger partial charge in [0.2, 0.25) is 6.54 Å². The number of Topliss-reactive ketones (excluding diaryl/α,β-unsaturated/α-hetero) is 1. The van der Waals surface area contributed by atoms with Gasteiger partial charge >= 0.3 is 0 Å². The fourth-order valence-electron chi connectivity index (χ4n) is 1.31. The molecule has 0 aliphatic rings. The van der Waals surface area contributed by atoms with Gasteiger partial charge in [-0.2, -0.15) is 0 Å². The Kier molecular flexibility index (Phi) is 4.01. The lowest BCUT2D eigenvalue weighted by Crippen LogP contribution is -2.31. The summed E-state index contributed by atoms with van der Waals surface area (Å²) in [6, 6.07) is 8.55. The van der Waals surface area contributed by atoms with E-state index in [1.807, 2.05) is 0 Å². The SMILES string of the molecule is CC(Cl)(CC[N+](=O)[O-])C(=O)c1ccccc1. The number of carbonyl (C=O) groups excluding carboxylic acids is 1. The van der Waals surface area contributed by atoms with Gasteiger partial charge in [-0.05, 0) is 6.92 Å². The molecule has 0 radical (unpaired) electrons. The van der Waals surface area contributed by atoms with Gasteiger partial charge in [0.25, 0.3) is 0 Å². The molecule has 1 unspecified atom stereocenters. The quantitative estimate of drug-likeness (QED) is 0.344. The van der Waals surface area contributed by atoms with Crippen LogP contribution in [0.4, 0.5) is 0 Å². The molecule has 0 fully saturated rings. The van der Waals surface area contributed by atoms with Gasteiger partial charge in [-0.15, -0.1) is 11.6 Å². The lowest BCUT2D eigenvalue weighted by atomic mass is 9.95. The van der Waals surface area contributed by atoms with E-state index in [1.54, 1.807) is 30.3 Å². The number of halogens is 1. The number of hydrogen-bond acceptors (Lipinski definition) is 3. The number of rotatable bonds is 5. The second kappa shape index (κ2) is 5.07. The summed E-state index contributed by atoms with van der Waals surface area (Å²) in [6.45, 7) is 1.20. The molecule has 0 aliphatic carbocycles. The van der Waals surface area contributed by atoms with Gasteiger partial charge in [-0.25, -0.2) is 0 Å². The molecule has 0 amide bonds. The summed E-state index contributed by atoms with van der Waals surface area (Å²) in [5, 5.41) is 10.2. The molecule has 0 saturated carbocycles.